The highest BCUT2D eigenvalue weighted by molar-refractivity contribution is 5.95. The summed E-state index contributed by atoms with van der Waals surface area (Å²) in [6, 6.07) is 9.26. The molecule has 10 heteroatoms. The maximum Gasteiger partial charge on any atom is 0.417 e. The molecule has 2 aromatic heterocycles. The van der Waals surface area contributed by atoms with E-state index in [0.29, 0.717) is 17.1 Å². The third kappa shape index (κ3) is 3.02. The van der Waals surface area contributed by atoms with E-state index in [2.05, 4.69) is 35.6 Å². The fourth-order valence-corrected chi connectivity index (χ4v) is 3.58. The van der Waals surface area contributed by atoms with Crippen LogP contribution in [0.5, 0.6) is 0 Å². The van der Waals surface area contributed by atoms with Crippen LogP contribution in [-0.4, -0.2) is 41.1 Å². The maximum atomic E-state index is 11.5. The molecule has 154 valence electrons. The van der Waals surface area contributed by atoms with E-state index in [-0.39, 0.29) is 0 Å². The summed E-state index contributed by atoms with van der Waals surface area (Å²) in [4.78, 5) is 23.1. The van der Waals surface area contributed by atoms with E-state index >= 15 is 0 Å². The van der Waals surface area contributed by atoms with Gasteiger partial charge in [0.15, 0.2) is 5.58 Å². The Kier molecular flexibility index (Phi) is 4.12. The molecule has 0 bridgehead atoms. The first-order chi connectivity index (χ1) is 14.4. The zero-order valence-electron chi connectivity index (χ0n) is 16.6. The fraction of sp³-hybridized carbons (Fsp3) is 0.250. The van der Waals surface area contributed by atoms with Crippen molar-refractivity contribution in [1.82, 2.24) is 20.3 Å². The van der Waals surface area contributed by atoms with Crippen LogP contribution in [0.25, 0.3) is 11.1 Å². The van der Waals surface area contributed by atoms with Crippen LogP contribution in [-0.2, 0) is 5.66 Å². The number of aromatic amines is 1. The number of H-pyrrole nitrogens is 1. The summed E-state index contributed by atoms with van der Waals surface area (Å²) < 4.78 is 5.08. The van der Waals surface area contributed by atoms with Crippen molar-refractivity contribution in [3.8, 4) is 0 Å². The van der Waals surface area contributed by atoms with Crippen LogP contribution in [0.2, 0.25) is 0 Å². The molecule has 1 saturated heterocycles. The Labute approximate surface area is 172 Å². The molecule has 5 N–H and O–H groups in total. The minimum Gasteiger partial charge on any atom is -0.408 e. The minimum absolute atomic E-state index is 0.482. The molecule has 1 unspecified atom stereocenters. The Balaban J connectivity index is 1.37. The summed E-state index contributed by atoms with van der Waals surface area (Å²) in [5.41, 5.74) is 9.17. The van der Waals surface area contributed by atoms with Gasteiger partial charge in [-0.2, -0.15) is 0 Å². The Morgan fingerprint density at radius 2 is 2.13 bits per heavy atom. The molecule has 2 aliphatic rings. The lowest BCUT2D eigenvalue weighted by Gasteiger charge is -2.42. The number of pyridine rings is 1. The van der Waals surface area contributed by atoms with Gasteiger partial charge in [0.05, 0.1) is 23.9 Å². The minimum atomic E-state index is -1.000. The van der Waals surface area contributed by atoms with E-state index in [0.717, 1.165) is 35.7 Å². The number of benzene rings is 1. The van der Waals surface area contributed by atoms with Crippen molar-refractivity contribution in [2.45, 2.75) is 12.6 Å². The molecule has 4 heterocycles. The van der Waals surface area contributed by atoms with Gasteiger partial charge in [0.1, 0.15) is 11.5 Å². The summed E-state index contributed by atoms with van der Waals surface area (Å²) in [5, 5.41) is 10.7. The largest absolute Gasteiger partial charge is 0.417 e. The molecule has 0 radical (unpaired) electrons. The summed E-state index contributed by atoms with van der Waals surface area (Å²) in [6.45, 7) is 3.90. The maximum absolute atomic E-state index is 11.5. The quantitative estimate of drug-likeness (QED) is 0.512. The molecule has 1 fully saturated rings. The number of nitrogens with zero attached hydrogens (tertiary/aromatic N) is 4. The van der Waals surface area contributed by atoms with Crippen molar-refractivity contribution in [3.05, 3.63) is 64.4 Å². The molecule has 10 nitrogen and oxygen atoms in total. The molecule has 0 saturated carbocycles. The van der Waals surface area contributed by atoms with Gasteiger partial charge in [-0.1, -0.05) is 6.07 Å². The molecule has 0 aliphatic carbocycles. The van der Waals surface area contributed by atoms with Crippen LogP contribution in [0.15, 0.2) is 62.5 Å². The first-order valence-electron chi connectivity index (χ1n) is 9.59. The van der Waals surface area contributed by atoms with Crippen molar-refractivity contribution in [1.29, 1.82) is 0 Å². The Morgan fingerprint density at radius 1 is 1.27 bits per heavy atom. The number of likely N-dealkylation sites (N-methyl/N-ethyl adjacent to an activating group) is 1. The highest BCUT2D eigenvalue weighted by Gasteiger charge is 2.33. The van der Waals surface area contributed by atoms with Crippen molar-refractivity contribution >= 4 is 28.6 Å². The van der Waals surface area contributed by atoms with Crippen molar-refractivity contribution in [3.63, 3.8) is 0 Å². The topological polar surface area (TPSA) is 128 Å². The molecule has 5 rings (SSSR count). The van der Waals surface area contributed by atoms with Crippen molar-refractivity contribution in [2.75, 3.05) is 30.5 Å². The number of aromatic nitrogens is 2. The van der Waals surface area contributed by atoms with E-state index in [4.69, 9.17) is 10.2 Å². The van der Waals surface area contributed by atoms with Gasteiger partial charge in [-0.15, -0.1) is 0 Å². The van der Waals surface area contributed by atoms with Crippen molar-refractivity contribution < 1.29 is 4.42 Å². The number of fused-ring (bicyclic) bond motifs is 1. The zero-order chi connectivity index (χ0) is 20.9. The van der Waals surface area contributed by atoms with Gasteiger partial charge >= 0.3 is 5.76 Å². The molecule has 1 aromatic carbocycles. The van der Waals surface area contributed by atoms with Gasteiger partial charge in [0.2, 0.25) is 5.96 Å². The number of anilines is 2. The van der Waals surface area contributed by atoms with E-state index in [1.165, 1.54) is 0 Å². The van der Waals surface area contributed by atoms with E-state index in [1.807, 2.05) is 32.2 Å². The normalized spacial score (nSPS) is 21.6. The number of rotatable bonds is 3. The van der Waals surface area contributed by atoms with E-state index in [1.54, 1.807) is 24.5 Å². The third-order valence-corrected chi connectivity index (χ3v) is 5.52. The smallest absolute Gasteiger partial charge is 0.408 e. The SMILES string of the molecule is CC1=CN=C(Nc2ccc(N3CCN3C)nc2)NC1(N)c1ccc2oc(=O)[nH]c2c1. The standard InChI is InChI=1S/C20H22N8O2/c1-12-10-23-18(24-14-4-6-17(22-11-14)28-8-7-27(28)2)26-20(12,21)13-3-5-16-15(9-13)25-19(29)30-16/h3-6,9-11H,7-8,21H2,1-2H3,(H,25,29)(H2,23,24,26). The first-order valence-corrected chi connectivity index (χ1v) is 9.59. The number of hydrazine groups is 1. The molecular formula is C20H22N8O2. The predicted molar refractivity (Wildman–Crippen MR) is 115 cm³/mol. The lowest BCUT2D eigenvalue weighted by atomic mass is 9.92. The molecule has 0 amide bonds. The molecule has 30 heavy (non-hydrogen) atoms. The Morgan fingerprint density at radius 3 is 2.83 bits per heavy atom. The monoisotopic (exact) mass is 406 g/mol. The molecule has 3 aromatic rings. The Hall–Kier alpha value is -3.63. The van der Waals surface area contributed by atoms with Crippen LogP contribution >= 0.6 is 0 Å². The van der Waals surface area contributed by atoms with Crippen LogP contribution in [0.4, 0.5) is 11.5 Å². The van der Waals surface area contributed by atoms with Gasteiger partial charge < -0.3 is 20.8 Å². The molecule has 1 atom stereocenters. The summed E-state index contributed by atoms with van der Waals surface area (Å²) in [5.74, 6) is 0.903. The second kappa shape index (κ2) is 6.71. The summed E-state index contributed by atoms with van der Waals surface area (Å²) in [7, 11) is 2.03. The molecule has 2 aliphatic heterocycles. The van der Waals surface area contributed by atoms with Crippen LogP contribution in [0, 0.1) is 0 Å². The number of nitrogens with two attached hydrogens (primary N) is 1. The second-order valence-corrected chi connectivity index (χ2v) is 7.48. The van der Waals surface area contributed by atoms with Gasteiger partial charge in [-0.05, 0) is 42.3 Å². The lowest BCUT2D eigenvalue weighted by Crippen LogP contribution is -2.57. The van der Waals surface area contributed by atoms with Crippen molar-refractivity contribution in [2.24, 2.45) is 10.7 Å². The lowest BCUT2D eigenvalue weighted by molar-refractivity contribution is 0.215. The van der Waals surface area contributed by atoms with Gasteiger partial charge in [-0.25, -0.2) is 19.8 Å². The van der Waals surface area contributed by atoms with E-state index < -0.39 is 11.4 Å². The third-order valence-electron chi connectivity index (χ3n) is 5.52. The number of guanidine groups is 1. The van der Waals surface area contributed by atoms with Crippen LogP contribution in [0.1, 0.15) is 12.5 Å². The number of nitrogens with one attached hydrogen (secondary N) is 3. The van der Waals surface area contributed by atoms with Crippen LogP contribution < -0.4 is 27.1 Å². The molecule has 0 spiro atoms. The number of aliphatic imine (C=N–C) groups is 1. The highest BCUT2D eigenvalue weighted by atomic mass is 16.4. The van der Waals surface area contributed by atoms with Crippen LogP contribution in [0.3, 0.4) is 0 Å². The number of oxazole rings is 1. The van der Waals surface area contributed by atoms with E-state index in [9.17, 15) is 4.79 Å². The Bertz CT molecular complexity index is 1230. The van der Waals surface area contributed by atoms with Gasteiger partial charge in [-0.3, -0.25) is 9.99 Å². The number of hydrogen-bond donors (Lipinski definition) is 4. The predicted octanol–water partition coefficient (Wildman–Crippen LogP) is 1.27. The average Bonchev–Trinajstić information content (AvgIpc) is 3.10. The highest BCUT2D eigenvalue weighted by Crippen LogP contribution is 2.28. The fourth-order valence-electron chi connectivity index (χ4n) is 3.58. The summed E-state index contributed by atoms with van der Waals surface area (Å²) >= 11 is 0. The second-order valence-electron chi connectivity index (χ2n) is 7.48. The zero-order valence-corrected chi connectivity index (χ0v) is 16.6. The first kappa shape index (κ1) is 18.4. The summed E-state index contributed by atoms with van der Waals surface area (Å²) in [6.07, 6.45) is 3.48. The molecular weight excluding hydrogens is 384 g/mol. The number of hydrogen-bond acceptors (Lipinski definition) is 9. The average molecular weight is 406 g/mol. The van der Waals surface area contributed by atoms with Gasteiger partial charge in [0, 0.05) is 19.8 Å². The van der Waals surface area contributed by atoms with Gasteiger partial charge in [0.25, 0.3) is 0 Å².